The van der Waals surface area contributed by atoms with Gasteiger partial charge in [-0.15, -0.1) is 0 Å². The van der Waals surface area contributed by atoms with E-state index in [1.54, 1.807) is 0 Å². The van der Waals surface area contributed by atoms with Crippen LogP contribution in [-0.2, 0) is 0 Å². The topological polar surface area (TPSA) is 73.8 Å². The Morgan fingerprint density at radius 1 is 1.25 bits per heavy atom. The lowest BCUT2D eigenvalue weighted by Gasteiger charge is -2.06. The minimum absolute atomic E-state index is 0.0859. The van der Waals surface area contributed by atoms with Gasteiger partial charge in [0, 0.05) is 17.8 Å². The monoisotopic (exact) mass is 268 g/mol. The van der Waals surface area contributed by atoms with Crippen molar-refractivity contribution in [3.63, 3.8) is 0 Å². The predicted molar refractivity (Wildman–Crippen MR) is 79.6 cm³/mol. The molecule has 0 aliphatic carbocycles. The number of aryl methyl sites for hydroxylation is 1. The highest BCUT2D eigenvalue weighted by Crippen LogP contribution is 2.29. The molecule has 0 saturated heterocycles. The third kappa shape index (κ3) is 2.23. The molecule has 0 saturated carbocycles. The molecule has 20 heavy (non-hydrogen) atoms. The Labute approximate surface area is 116 Å². The van der Waals surface area contributed by atoms with Crippen LogP contribution in [0.1, 0.15) is 5.69 Å². The van der Waals surface area contributed by atoms with Crippen molar-refractivity contribution in [1.82, 2.24) is 15.2 Å². The molecule has 0 aliphatic rings. The quantitative estimate of drug-likeness (QED) is 0.679. The Morgan fingerprint density at radius 2 is 2.05 bits per heavy atom. The van der Waals surface area contributed by atoms with Gasteiger partial charge in [0.05, 0.1) is 12.3 Å². The van der Waals surface area contributed by atoms with Crippen LogP contribution in [0, 0.1) is 6.92 Å². The molecule has 5 heteroatoms. The summed E-state index contributed by atoms with van der Waals surface area (Å²) in [5, 5.41) is 19.6. The van der Waals surface area contributed by atoms with Crippen LogP contribution in [0.2, 0.25) is 0 Å². The first-order valence-electron chi connectivity index (χ1n) is 6.55. The number of pyridine rings is 1. The predicted octanol–water partition coefficient (Wildman–Crippen LogP) is 2.34. The Morgan fingerprint density at radius 3 is 2.80 bits per heavy atom. The smallest absolute Gasteiger partial charge is 0.118 e. The highest BCUT2D eigenvalue weighted by atomic mass is 16.3. The van der Waals surface area contributed by atoms with E-state index < -0.39 is 0 Å². The van der Waals surface area contributed by atoms with Gasteiger partial charge in [-0.05, 0) is 13.0 Å². The molecule has 0 atom stereocenters. The van der Waals surface area contributed by atoms with E-state index in [-0.39, 0.29) is 6.61 Å². The number of H-pyrrole nitrogens is 1. The number of aromatic nitrogens is 3. The number of hydrogen-bond donors (Lipinski definition) is 3. The molecular weight excluding hydrogens is 252 g/mol. The Bertz CT molecular complexity index is 721. The number of nitrogens with one attached hydrogen (secondary N) is 2. The molecule has 0 radical (unpaired) electrons. The number of rotatable bonds is 4. The molecular formula is C15H16N4O. The van der Waals surface area contributed by atoms with E-state index >= 15 is 0 Å². The van der Waals surface area contributed by atoms with Gasteiger partial charge in [0.25, 0.3) is 0 Å². The summed E-state index contributed by atoms with van der Waals surface area (Å²) in [6.45, 7) is 2.53. The molecule has 0 fully saturated rings. The largest absolute Gasteiger partial charge is 0.395 e. The Balaban J connectivity index is 2.15. The van der Waals surface area contributed by atoms with Crippen molar-refractivity contribution >= 4 is 16.7 Å². The maximum atomic E-state index is 8.95. The average molecular weight is 268 g/mol. The molecule has 3 aromatic rings. The molecule has 0 amide bonds. The van der Waals surface area contributed by atoms with Gasteiger partial charge < -0.3 is 10.4 Å². The van der Waals surface area contributed by atoms with Crippen molar-refractivity contribution in [1.29, 1.82) is 0 Å². The fraction of sp³-hybridized carbons (Fsp3) is 0.200. The second-order valence-electron chi connectivity index (χ2n) is 4.62. The van der Waals surface area contributed by atoms with Crippen LogP contribution in [0.3, 0.4) is 0 Å². The summed E-state index contributed by atoms with van der Waals surface area (Å²) in [7, 11) is 0. The maximum Gasteiger partial charge on any atom is 0.118 e. The Kier molecular flexibility index (Phi) is 3.35. The van der Waals surface area contributed by atoms with Gasteiger partial charge in [0.2, 0.25) is 0 Å². The number of hydrogen-bond acceptors (Lipinski definition) is 4. The van der Waals surface area contributed by atoms with E-state index in [1.807, 2.05) is 43.3 Å². The molecule has 2 aromatic heterocycles. The maximum absolute atomic E-state index is 8.95. The summed E-state index contributed by atoms with van der Waals surface area (Å²) in [6.07, 6.45) is 0. The van der Waals surface area contributed by atoms with Gasteiger partial charge in [0.1, 0.15) is 16.7 Å². The summed E-state index contributed by atoms with van der Waals surface area (Å²) < 4.78 is 0. The third-order valence-electron chi connectivity index (χ3n) is 3.13. The van der Waals surface area contributed by atoms with Gasteiger partial charge in [-0.3, -0.25) is 5.10 Å². The van der Waals surface area contributed by atoms with Gasteiger partial charge in [-0.25, -0.2) is 4.98 Å². The zero-order chi connectivity index (χ0) is 13.9. The average Bonchev–Trinajstić information content (AvgIpc) is 2.89. The van der Waals surface area contributed by atoms with Crippen LogP contribution in [-0.4, -0.2) is 33.4 Å². The van der Waals surface area contributed by atoms with Crippen LogP contribution in [0.25, 0.3) is 22.3 Å². The van der Waals surface area contributed by atoms with Crippen LogP contribution in [0.15, 0.2) is 36.4 Å². The van der Waals surface area contributed by atoms with Crippen molar-refractivity contribution in [3.8, 4) is 11.3 Å². The number of nitrogens with zero attached hydrogens (tertiary/aromatic N) is 2. The highest BCUT2D eigenvalue weighted by molar-refractivity contribution is 5.96. The fourth-order valence-corrected chi connectivity index (χ4v) is 2.25. The van der Waals surface area contributed by atoms with Crippen molar-refractivity contribution in [2.45, 2.75) is 6.92 Å². The minimum Gasteiger partial charge on any atom is -0.395 e. The number of aliphatic hydroxyl groups excluding tert-OH is 1. The molecule has 3 rings (SSSR count). The van der Waals surface area contributed by atoms with Gasteiger partial charge in [-0.2, -0.15) is 5.10 Å². The zero-order valence-corrected chi connectivity index (χ0v) is 11.2. The van der Waals surface area contributed by atoms with Gasteiger partial charge >= 0.3 is 0 Å². The van der Waals surface area contributed by atoms with E-state index in [0.29, 0.717) is 6.54 Å². The SMILES string of the molecule is Cc1cc(NCCO)c2[nH]nc(-c3ccccc3)c2n1. The molecule has 2 heterocycles. The van der Waals surface area contributed by atoms with Crippen molar-refractivity contribution in [2.24, 2.45) is 0 Å². The Hall–Kier alpha value is -2.40. The summed E-state index contributed by atoms with van der Waals surface area (Å²) in [4.78, 5) is 4.58. The van der Waals surface area contributed by atoms with E-state index in [4.69, 9.17) is 5.11 Å². The number of benzene rings is 1. The van der Waals surface area contributed by atoms with Crippen LogP contribution >= 0.6 is 0 Å². The molecule has 5 nitrogen and oxygen atoms in total. The van der Waals surface area contributed by atoms with Crippen LogP contribution in [0.5, 0.6) is 0 Å². The summed E-state index contributed by atoms with van der Waals surface area (Å²) in [5.74, 6) is 0. The molecule has 0 unspecified atom stereocenters. The lowest BCUT2D eigenvalue weighted by Crippen LogP contribution is -2.06. The normalized spacial score (nSPS) is 10.9. The van der Waals surface area contributed by atoms with E-state index in [1.165, 1.54) is 0 Å². The first-order valence-corrected chi connectivity index (χ1v) is 6.55. The molecule has 1 aromatic carbocycles. The molecule has 3 N–H and O–H groups in total. The second kappa shape index (κ2) is 5.30. The third-order valence-corrected chi connectivity index (χ3v) is 3.13. The number of anilines is 1. The highest BCUT2D eigenvalue weighted by Gasteiger charge is 2.13. The standard InChI is InChI=1S/C15H16N4O/c1-10-9-12(16-7-8-20)14-15(17-10)13(18-19-14)11-5-3-2-4-6-11/h2-6,9,20H,7-8H2,1H3,(H,16,17)(H,18,19). The van der Waals surface area contributed by atoms with Crippen molar-refractivity contribution < 1.29 is 5.11 Å². The number of aliphatic hydroxyl groups is 1. The van der Waals surface area contributed by atoms with Gasteiger partial charge in [-0.1, -0.05) is 30.3 Å². The lowest BCUT2D eigenvalue weighted by atomic mass is 10.1. The van der Waals surface area contributed by atoms with E-state index in [2.05, 4.69) is 20.5 Å². The minimum atomic E-state index is 0.0859. The summed E-state index contributed by atoms with van der Waals surface area (Å²) in [6, 6.07) is 11.9. The lowest BCUT2D eigenvalue weighted by molar-refractivity contribution is 0.311. The first kappa shape index (κ1) is 12.6. The van der Waals surface area contributed by atoms with Crippen LogP contribution < -0.4 is 5.32 Å². The van der Waals surface area contributed by atoms with E-state index in [0.717, 1.165) is 33.7 Å². The van der Waals surface area contributed by atoms with Crippen LogP contribution in [0.4, 0.5) is 5.69 Å². The molecule has 102 valence electrons. The van der Waals surface area contributed by atoms with Gasteiger partial charge in [0.15, 0.2) is 0 Å². The van der Waals surface area contributed by atoms with Crippen molar-refractivity contribution in [3.05, 3.63) is 42.1 Å². The second-order valence-corrected chi connectivity index (χ2v) is 4.62. The molecule has 0 bridgehead atoms. The summed E-state index contributed by atoms with van der Waals surface area (Å²) >= 11 is 0. The molecule has 0 aliphatic heterocycles. The number of aromatic amines is 1. The van der Waals surface area contributed by atoms with Crippen molar-refractivity contribution in [2.75, 3.05) is 18.5 Å². The fourth-order valence-electron chi connectivity index (χ4n) is 2.25. The van der Waals surface area contributed by atoms with E-state index in [9.17, 15) is 0 Å². The number of fused-ring (bicyclic) bond motifs is 1. The first-order chi connectivity index (χ1) is 9.79. The summed E-state index contributed by atoms with van der Waals surface area (Å²) in [5.41, 5.74) is 5.41. The zero-order valence-electron chi connectivity index (χ0n) is 11.2. The molecule has 0 spiro atoms.